The molecular formula is C18H16ClN3O2S. The molecule has 0 radical (unpaired) electrons. The van der Waals surface area contributed by atoms with Gasteiger partial charge >= 0.3 is 0 Å². The van der Waals surface area contributed by atoms with Crippen LogP contribution in [-0.4, -0.2) is 16.7 Å². The van der Waals surface area contributed by atoms with E-state index in [2.05, 4.69) is 16.0 Å². The predicted molar refractivity (Wildman–Crippen MR) is 101 cm³/mol. The molecule has 2 aromatic carbocycles. The lowest BCUT2D eigenvalue weighted by atomic mass is 9.80. The molecule has 0 aromatic heterocycles. The van der Waals surface area contributed by atoms with Crippen molar-refractivity contribution in [3.63, 3.8) is 0 Å². The van der Waals surface area contributed by atoms with Gasteiger partial charge in [0.15, 0.2) is 10.8 Å². The van der Waals surface area contributed by atoms with E-state index < -0.39 is 11.6 Å². The highest BCUT2D eigenvalue weighted by molar-refractivity contribution is 7.80. The Morgan fingerprint density at radius 1 is 1.24 bits per heavy atom. The molecular weight excluding hydrogens is 358 g/mol. The van der Waals surface area contributed by atoms with Gasteiger partial charge in [0, 0.05) is 16.3 Å². The molecule has 3 N–H and O–H groups in total. The van der Waals surface area contributed by atoms with Crippen LogP contribution in [-0.2, 0) is 4.79 Å². The van der Waals surface area contributed by atoms with Crippen molar-refractivity contribution >= 4 is 40.5 Å². The second-order valence-electron chi connectivity index (χ2n) is 6.30. The Bertz CT molecular complexity index is 858. The molecule has 2 aliphatic rings. The molecule has 25 heavy (non-hydrogen) atoms. The Kier molecular flexibility index (Phi) is 3.81. The van der Waals surface area contributed by atoms with Gasteiger partial charge in [0.2, 0.25) is 5.91 Å². The number of anilines is 1. The van der Waals surface area contributed by atoms with Crippen LogP contribution in [0.2, 0.25) is 5.02 Å². The number of thiocarbonyl (C=S) groups is 1. The van der Waals surface area contributed by atoms with E-state index in [1.807, 2.05) is 31.2 Å². The molecule has 0 aliphatic carbocycles. The Hall–Kier alpha value is -2.31. The van der Waals surface area contributed by atoms with Crippen molar-refractivity contribution in [2.24, 2.45) is 5.92 Å². The monoisotopic (exact) mass is 373 g/mol. The second-order valence-corrected chi connectivity index (χ2v) is 7.14. The molecule has 4 rings (SSSR count). The van der Waals surface area contributed by atoms with Crippen LogP contribution in [0.1, 0.15) is 18.5 Å². The molecule has 128 valence electrons. The normalized spacial score (nSPS) is 26.6. The number of para-hydroxylation sites is 1. The fourth-order valence-corrected chi connectivity index (χ4v) is 3.90. The number of fused-ring (bicyclic) bond motifs is 4. The maximum Gasteiger partial charge on any atom is 0.236 e. The van der Waals surface area contributed by atoms with Gasteiger partial charge in [0.25, 0.3) is 0 Å². The first-order valence-corrected chi connectivity index (χ1v) is 8.68. The molecule has 2 bridgehead atoms. The quantitative estimate of drug-likeness (QED) is 0.705. The minimum Gasteiger partial charge on any atom is -0.467 e. The van der Waals surface area contributed by atoms with Crippen LogP contribution >= 0.6 is 23.8 Å². The highest BCUT2D eigenvalue weighted by Gasteiger charge is 2.54. The molecule has 3 atom stereocenters. The summed E-state index contributed by atoms with van der Waals surface area (Å²) in [6.07, 6.45) is 0. The van der Waals surface area contributed by atoms with Gasteiger partial charge in [-0.2, -0.15) is 0 Å². The van der Waals surface area contributed by atoms with Gasteiger partial charge in [-0.3, -0.25) is 4.79 Å². The third kappa shape index (κ3) is 2.81. The summed E-state index contributed by atoms with van der Waals surface area (Å²) in [5.74, 6) is 0.0737. The summed E-state index contributed by atoms with van der Waals surface area (Å²) in [6, 6.07) is 14.4. The minimum absolute atomic E-state index is 0.160. The Balaban J connectivity index is 1.69. The molecule has 5 nitrogen and oxygen atoms in total. The summed E-state index contributed by atoms with van der Waals surface area (Å²) in [4.78, 5) is 13.0. The zero-order chi connectivity index (χ0) is 17.6. The fourth-order valence-electron chi connectivity index (χ4n) is 3.44. The molecule has 0 unspecified atom stereocenters. The van der Waals surface area contributed by atoms with Crippen molar-refractivity contribution in [1.29, 1.82) is 0 Å². The van der Waals surface area contributed by atoms with Crippen molar-refractivity contribution in [3.05, 3.63) is 59.1 Å². The van der Waals surface area contributed by atoms with Crippen molar-refractivity contribution < 1.29 is 9.53 Å². The number of hydrogen-bond donors (Lipinski definition) is 3. The van der Waals surface area contributed by atoms with Crippen LogP contribution in [0.5, 0.6) is 5.75 Å². The van der Waals surface area contributed by atoms with Gasteiger partial charge in [0.1, 0.15) is 11.7 Å². The number of amides is 1. The van der Waals surface area contributed by atoms with Crippen LogP contribution in [0.25, 0.3) is 0 Å². The van der Waals surface area contributed by atoms with Gasteiger partial charge in [-0.15, -0.1) is 0 Å². The number of carbonyl (C=O) groups excluding carboxylic acids is 1. The van der Waals surface area contributed by atoms with E-state index in [0.717, 1.165) is 11.3 Å². The van der Waals surface area contributed by atoms with Gasteiger partial charge < -0.3 is 20.7 Å². The molecule has 2 aromatic rings. The van der Waals surface area contributed by atoms with E-state index >= 15 is 0 Å². The highest BCUT2D eigenvalue weighted by atomic mass is 35.5. The van der Waals surface area contributed by atoms with Crippen LogP contribution in [0.4, 0.5) is 5.69 Å². The third-order valence-corrected chi connectivity index (χ3v) is 5.02. The van der Waals surface area contributed by atoms with Crippen LogP contribution in [0.15, 0.2) is 48.5 Å². The van der Waals surface area contributed by atoms with Crippen molar-refractivity contribution in [1.82, 2.24) is 10.6 Å². The summed E-state index contributed by atoms with van der Waals surface area (Å²) >= 11 is 11.2. The Morgan fingerprint density at radius 3 is 2.72 bits per heavy atom. The topological polar surface area (TPSA) is 62.4 Å². The summed E-state index contributed by atoms with van der Waals surface area (Å²) in [7, 11) is 0. The van der Waals surface area contributed by atoms with Crippen LogP contribution < -0.4 is 20.7 Å². The molecule has 1 saturated heterocycles. The fraction of sp³-hybridized carbons (Fsp3) is 0.222. The maximum absolute atomic E-state index is 13.0. The lowest BCUT2D eigenvalue weighted by Gasteiger charge is -2.50. The first-order valence-electron chi connectivity index (χ1n) is 7.89. The van der Waals surface area contributed by atoms with Gasteiger partial charge in [-0.25, -0.2) is 0 Å². The summed E-state index contributed by atoms with van der Waals surface area (Å²) in [6.45, 7) is 1.84. The number of hydrogen-bond acceptors (Lipinski definition) is 3. The average Bonchev–Trinajstić information content (AvgIpc) is 2.55. The number of benzene rings is 2. The molecule has 0 saturated carbocycles. The second kappa shape index (κ2) is 5.89. The minimum atomic E-state index is -0.933. The highest BCUT2D eigenvalue weighted by Crippen LogP contribution is 2.44. The van der Waals surface area contributed by atoms with Gasteiger partial charge in [0.05, 0.1) is 6.04 Å². The van der Waals surface area contributed by atoms with Crippen molar-refractivity contribution in [2.75, 3.05) is 5.32 Å². The molecule has 1 amide bonds. The number of carbonyl (C=O) groups is 1. The first kappa shape index (κ1) is 16.2. The van der Waals surface area contributed by atoms with Crippen LogP contribution in [0, 0.1) is 5.92 Å². The number of halogens is 1. The largest absolute Gasteiger partial charge is 0.467 e. The van der Waals surface area contributed by atoms with Crippen LogP contribution in [0.3, 0.4) is 0 Å². The predicted octanol–water partition coefficient (Wildman–Crippen LogP) is 3.22. The molecule has 2 aliphatic heterocycles. The average molecular weight is 374 g/mol. The van der Waals surface area contributed by atoms with E-state index in [1.54, 1.807) is 24.3 Å². The number of rotatable bonds is 2. The molecule has 0 spiro atoms. The number of ether oxygens (including phenoxy) is 1. The SMILES string of the molecule is C[C@@]12NC(=S)N[C@@H](c3ccccc3O1)[C@@H]2C(=O)Nc1ccc(Cl)cc1. The molecule has 7 heteroatoms. The zero-order valence-corrected chi connectivity index (χ0v) is 14.9. The van der Waals surface area contributed by atoms with Crippen molar-refractivity contribution in [2.45, 2.75) is 18.7 Å². The standard InChI is InChI=1S/C18H16ClN3O2S/c1-18-14(16(23)20-11-8-6-10(19)7-9-11)15(21-17(25)22-18)12-4-2-3-5-13(12)24-18/h2-9,14-15H,1H3,(H,20,23)(H2,21,22,25)/t14-,15+,18-/m1/s1. The van der Waals surface area contributed by atoms with E-state index in [4.69, 9.17) is 28.6 Å². The maximum atomic E-state index is 13.0. The Labute approximate surface area is 155 Å². The summed E-state index contributed by atoms with van der Waals surface area (Å²) in [5, 5.41) is 10.3. The number of nitrogens with one attached hydrogen (secondary N) is 3. The van der Waals surface area contributed by atoms with E-state index in [9.17, 15) is 4.79 Å². The lowest BCUT2D eigenvalue weighted by Crippen LogP contribution is -2.70. The zero-order valence-electron chi connectivity index (χ0n) is 13.4. The Morgan fingerprint density at radius 2 is 1.96 bits per heavy atom. The van der Waals surface area contributed by atoms with Crippen molar-refractivity contribution in [3.8, 4) is 5.75 Å². The summed E-state index contributed by atoms with van der Waals surface area (Å²) < 4.78 is 6.13. The van der Waals surface area contributed by atoms with E-state index in [0.29, 0.717) is 15.8 Å². The summed E-state index contributed by atoms with van der Waals surface area (Å²) in [5.41, 5.74) is 0.662. The smallest absolute Gasteiger partial charge is 0.236 e. The molecule has 2 heterocycles. The molecule has 1 fully saturated rings. The van der Waals surface area contributed by atoms with E-state index in [-0.39, 0.29) is 11.9 Å². The lowest BCUT2D eigenvalue weighted by molar-refractivity contribution is -0.132. The third-order valence-electron chi connectivity index (χ3n) is 4.55. The first-order chi connectivity index (χ1) is 12.0. The van der Waals surface area contributed by atoms with E-state index in [1.165, 1.54) is 0 Å². The van der Waals surface area contributed by atoms with Gasteiger partial charge in [-0.1, -0.05) is 29.8 Å². The van der Waals surface area contributed by atoms with Gasteiger partial charge in [-0.05, 0) is 49.5 Å².